The van der Waals surface area contributed by atoms with Crippen molar-refractivity contribution in [1.29, 1.82) is 0 Å². The minimum atomic E-state index is -0.391. The monoisotopic (exact) mass is 286 g/mol. The summed E-state index contributed by atoms with van der Waals surface area (Å²) in [5.74, 6) is -0.295. The van der Waals surface area contributed by atoms with Gasteiger partial charge in [-0.3, -0.25) is 4.79 Å². The van der Waals surface area contributed by atoms with E-state index in [1.807, 2.05) is 12.1 Å². The minimum Gasteiger partial charge on any atom is -0.504 e. The van der Waals surface area contributed by atoms with Crippen LogP contribution in [0.1, 0.15) is 15.9 Å². The number of benzene rings is 2. The summed E-state index contributed by atoms with van der Waals surface area (Å²) in [6, 6.07) is 12.2. The van der Waals surface area contributed by atoms with Gasteiger partial charge in [-0.1, -0.05) is 18.2 Å². The van der Waals surface area contributed by atoms with E-state index in [0.29, 0.717) is 12.2 Å². The zero-order chi connectivity index (χ0) is 15.2. The van der Waals surface area contributed by atoms with Crippen LogP contribution in [0.15, 0.2) is 42.5 Å². The van der Waals surface area contributed by atoms with E-state index in [4.69, 9.17) is 10.5 Å². The van der Waals surface area contributed by atoms with Crippen LogP contribution in [0.4, 0.5) is 5.69 Å². The molecule has 0 heterocycles. The van der Waals surface area contributed by atoms with Crippen molar-refractivity contribution >= 4 is 11.6 Å². The highest BCUT2D eigenvalue weighted by molar-refractivity contribution is 6.06. The van der Waals surface area contributed by atoms with Crippen molar-refractivity contribution < 1.29 is 14.6 Å². The molecule has 0 aliphatic carbocycles. The van der Waals surface area contributed by atoms with E-state index in [1.54, 1.807) is 24.3 Å². The lowest BCUT2D eigenvalue weighted by Gasteiger charge is -2.10. The van der Waals surface area contributed by atoms with Gasteiger partial charge in [0.05, 0.1) is 12.7 Å². The Morgan fingerprint density at radius 1 is 1.24 bits per heavy atom. The van der Waals surface area contributed by atoms with Gasteiger partial charge < -0.3 is 20.9 Å². The van der Waals surface area contributed by atoms with E-state index in [-0.39, 0.29) is 17.1 Å². The van der Waals surface area contributed by atoms with Crippen LogP contribution in [0.5, 0.6) is 11.5 Å². The molecule has 0 bridgehead atoms. The summed E-state index contributed by atoms with van der Waals surface area (Å²) in [6.07, 6.45) is 0.797. The molecule has 5 heteroatoms. The van der Waals surface area contributed by atoms with Crippen LogP contribution in [-0.4, -0.2) is 24.7 Å². The molecule has 0 radical (unpaired) electrons. The molecule has 0 aliphatic rings. The third kappa shape index (κ3) is 3.52. The number of anilines is 1. The number of aromatic hydroxyl groups is 1. The Hall–Kier alpha value is -2.53. The SMILES string of the molecule is COc1cccc(C(=O)Nc2ccc(CCN)cc2)c1O. The van der Waals surface area contributed by atoms with E-state index in [1.165, 1.54) is 13.2 Å². The van der Waals surface area contributed by atoms with Crippen molar-refractivity contribution in [2.24, 2.45) is 5.73 Å². The van der Waals surface area contributed by atoms with E-state index in [9.17, 15) is 9.90 Å². The van der Waals surface area contributed by atoms with Crippen molar-refractivity contribution in [3.63, 3.8) is 0 Å². The van der Waals surface area contributed by atoms with Gasteiger partial charge in [0.2, 0.25) is 0 Å². The quantitative estimate of drug-likeness (QED) is 0.786. The van der Waals surface area contributed by atoms with Gasteiger partial charge in [0, 0.05) is 5.69 Å². The highest BCUT2D eigenvalue weighted by Crippen LogP contribution is 2.29. The van der Waals surface area contributed by atoms with Gasteiger partial charge in [0.15, 0.2) is 11.5 Å². The number of methoxy groups -OCH3 is 1. The second-order valence-electron chi connectivity index (χ2n) is 4.55. The third-order valence-electron chi connectivity index (χ3n) is 3.11. The Morgan fingerprint density at radius 3 is 2.57 bits per heavy atom. The first-order chi connectivity index (χ1) is 10.2. The van der Waals surface area contributed by atoms with E-state index >= 15 is 0 Å². The number of hydrogen-bond donors (Lipinski definition) is 3. The summed E-state index contributed by atoms with van der Waals surface area (Å²) in [5.41, 5.74) is 7.42. The summed E-state index contributed by atoms with van der Waals surface area (Å²) in [5, 5.41) is 12.7. The predicted molar refractivity (Wildman–Crippen MR) is 81.8 cm³/mol. The van der Waals surface area contributed by atoms with Gasteiger partial charge in [-0.15, -0.1) is 0 Å². The molecule has 0 fully saturated rings. The predicted octanol–water partition coefficient (Wildman–Crippen LogP) is 2.15. The van der Waals surface area contributed by atoms with E-state index in [0.717, 1.165) is 12.0 Å². The number of para-hydroxylation sites is 1. The molecule has 2 rings (SSSR count). The van der Waals surface area contributed by atoms with Crippen molar-refractivity contribution in [2.45, 2.75) is 6.42 Å². The number of rotatable bonds is 5. The summed E-state index contributed by atoms with van der Waals surface area (Å²) in [7, 11) is 1.44. The molecule has 0 saturated carbocycles. The smallest absolute Gasteiger partial charge is 0.259 e. The fourth-order valence-electron chi connectivity index (χ4n) is 1.99. The molecule has 4 N–H and O–H groups in total. The lowest BCUT2D eigenvalue weighted by molar-refractivity contribution is 0.102. The molecule has 0 unspecified atom stereocenters. The average Bonchev–Trinajstić information content (AvgIpc) is 2.49. The van der Waals surface area contributed by atoms with Crippen LogP contribution in [0.2, 0.25) is 0 Å². The summed E-state index contributed by atoms with van der Waals surface area (Å²) in [6.45, 7) is 0.587. The molecular formula is C16H18N2O3. The maximum Gasteiger partial charge on any atom is 0.259 e. The number of amides is 1. The normalized spacial score (nSPS) is 10.2. The first-order valence-electron chi connectivity index (χ1n) is 6.62. The summed E-state index contributed by atoms with van der Waals surface area (Å²) >= 11 is 0. The Labute approximate surface area is 123 Å². The maximum atomic E-state index is 12.2. The van der Waals surface area contributed by atoms with Crippen LogP contribution in [0.25, 0.3) is 0 Å². The summed E-state index contributed by atoms with van der Waals surface area (Å²) in [4.78, 5) is 12.2. The van der Waals surface area contributed by atoms with Crippen molar-refractivity contribution in [1.82, 2.24) is 0 Å². The molecule has 0 aliphatic heterocycles. The Kier molecular flexibility index (Phi) is 4.79. The minimum absolute atomic E-state index is 0.167. The van der Waals surface area contributed by atoms with Gasteiger partial charge in [0.1, 0.15) is 0 Å². The van der Waals surface area contributed by atoms with Gasteiger partial charge >= 0.3 is 0 Å². The first kappa shape index (κ1) is 14.9. The highest BCUT2D eigenvalue weighted by atomic mass is 16.5. The zero-order valence-electron chi connectivity index (χ0n) is 11.8. The molecule has 0 spiro atoms. The molecule has 1 amide bonds. The number of carbonyl (C=O) groups excluding carboxylic acids is 1. The average molecular weight is 286 g/mol. The number of carbonyl (C=O) groups is 1. The molecule has 110 valence electrons. The van der Waals surface area contributed by atoms with Crippen LogP contribution in [0, 0.1) is 0 Å². The summed E-state index contributed by atoms with van der Waals surface area (Å²) < 4.78 is 4.99. The van der Waals surface area contributed by atoms with E-state index < -0.39 is 5.91 Å². The van der Waals surface area contributed by atoms with Crippen molar-refractivity contribution in [2.75, 3.05) is 19.0 Å². The second-order valence-corrected chi connectivity index (χ2v) is 4.55. The van der Waals surface area contributed by atoms with E-state index in [2.05, 4.69) is 5.32 Å². The van der Waals surface area contributed by atoms with Crippen LogP contribution in [-0.2, 0) is 6.42 Å². The molecule has 2 aromatic rings. The van der Waals surface area contributed by atoms with Crippen molar-refractivity contribution in [3.05, 3.63) is 53.6 Å². The number of ether oxygens (including phenoxy) is 1. The van der Waals surface area contributed by atoms with Crippen LogP contribution in [0.3, 0.4) is 0 Å². The van der Waals surface area contributed by atoms with Crippen LogP contribution < -0.4 is 15.8 Å². The number of phenolic OH excluding ortho intramolecular Hbond substituents is 1. The van der Waals surface area contributed by atoms with Crippen molar-refractivity contribution in [3.8, 4) is 11.5 Å². The Morgan fingerprint density at radius 2 is 1.95 bits per heavy atom. The molecule has 0 aromatic heterocycles. The Bertz CT molecular complexity index is 624. The lowest BCUT2D eigenvalue weighted by Crippen LogP contribution is -2.12. The van der Waals surface area contributed by atoms with Gasteiger partial charge in [-0.25, -0.2) is 0 Å². The molecule has 5 nitrogen and oxygen atoms in total. The fraction of sp³-hybridized carbons (Fsp3) is 0.188. The number of phenols is 1. The third-order valence-corrected chi connectivity index (χ3v) is 3.11. The van der Waals surface area contributed by atoms with Gasteiger partial charge in [-0.2, -0.15) is 0 Å². The maximum absolute atomic E-state index is 12.2. The molecule has 2 aromatic carbocycles. The molecule has 0 saturated heterocycles. The number of hydrogen-bond acceptors (Lipinski definition) is 4. The van der Waals surface area contributed by atoms with Crippen LogP contribution >= 0.6 is 0 Å². The Balaban J connectivity index is 2.14. The highest BCUT2D eigenvalue weighted by Gasteiger charge is 2.14. The number of nitrogens with two attached hydrogens (primary N) is 1. The second kappa shape index (κ2) is 6.76. The number of nitrogens with one attached hydrogen (secondary N) is 1. The molecule has 21 heavy (non-hydrogen) atoms. The lowest BCUT2D eigenvalue weighted by atomic mass is 10.1. The topological polar surface area (TPSA) is 84.6 Å². The first-order valence-corrected chi connectivity index (χ1v) is 6.62. The largest absolute Gasteiger partial charge is 0.504 e. The van der Waals surface area contributed by atoms with Gasteiger partial charge in [0.25, 0.3) is 5.91 Å². The fourth-order valence-corrected chi connectivity index (χ4v) is 1.99. The molecular weight excluding hydrogens is 268 g/mol. The standard InChI is InChI=1S/C16H18N2O3/c1-21-14-4-2-3-13(15(14)19)16(20)18-12-7-5-11(6-8-12)9-10-17/h2-8,19H,9-10,17H2,1H3,(H,18,20). The van der Waals surface area contributed by atoms with Gasteiger partial charge in [-0.05, 0) is 42.8 Å². The zero-order valence-corrected chi connectivity index (χ0v) is 11.8. The molecule has 0 atom stereocenters.